The molecule has 0 N–H and O–H groups in total. The first kappa shape index (κ1) is 12.8. The van der Waals surface area contributed by atoms with Gasteiger partial charge in [-0.05, 0) is 44.6 Å². The van der Waals surface area contributed by atoms with Gasteiger partial charge in [0, 0.05) is 0 Å². The standard InChI is InChI=1S/C8H5BrF2INO2/c1-15-8(14)3-2-4(6(10)11)7(12)13-5(3)9/h2,6H,1H3. The molecule has 1 aromatic heterocycles. The molecule has 0 fully saturated rings. The van der Waals surface area contributed by atoms with Crippen molar-refractivity contribution in [2.45, 2.75) is 6.43 Å². The zero-order valence-electron chi connectivity index (χ0n) is 7.43. The molecule has 0 saturated heterocycles. The number of halogens is 4. The number of aromatic nitrogens is 1. The molecule has 0 amide bonds. The number of pyridine rings is 1. The summed E-state index contributed by atoms with van der Waals surface area (Å²) in [5.74, 6) is -0.701. The Morgan fingerprint density at radius 1 is 1.67 bits per heavy atom. The van der Waals surface area contributed by atoms with Crippen LogP contribution in [0.15, 0.2) is 10.7 Å². The van der Waals surface area contributed by atoms with E-state index in [0.717, 1.165) is 6.07 Å². The average Bonchev–Trinajstić information content (AvgIpc) is 2.16. The van der Waals surface area contributed by atoms with Gasteiger partial charge in [-0.15, -0.1) is 0 Å². The van der Waals surface area contributed by atoms with E-state index in [2.05, 4.69) is 25.7 Å². The monoisotopic (exact) mass is 391 g/mol. The summed E-state index contributed by atoms with van der Waals surface area (Å²) < 4.78 is 29.8. The van der Waals surface area contributed by atoms with Crippen molar-refractivity contribution in [1.82, 2.24) is 4.98 Å². The van der Waals surface area contributed by atoms with Crippen LogP contribution < -0.4 is 0 Å². The highest BCUT2D eigenvalue weighted by molar-refractivity contribution is 14.1. The van der Waals surface area contributed by atoms with Gasteiger partial charge in [-0.1, -0.05) is 0 Å². The van der Waals surface area contributed by atoms with E-state index in [1.54, 1.807) is 22.6 Å². The minimum absolute atomic E-state index is 0.00628. The minimum atomic E-state index is -2.67. The molecule has 0 atom stereocenters. The number of methoxy groups -OCH3 is 1. The molecule has 0 saturated carbocycles. The summed E-state index contributed by atoms with van der Waals surface area (Å²) in [4.78, 5) is 15.0. The summed E-state index contributed by atoms with van der Waals surface area (Å²) in [5.41, 5.74) is -0.285. The summed E-state index contributed by atoms with van der Waals surface area (Å²) in [6, 6.07) is 1.08. The zero-order valence-corrected chi connectivity index (χ0v) is 11.2. The Morgan fingerprint density at radius 2 is 2.27 bits per heavy atom. The Hall–Kier alpha value is -0.310. The van der Waals surface area contributed by atoms with Crippen molar-refractivity contribution < 1.29 is 18.3 Å². The summed E-state index contributed by atoms with van der Waals surface area (Å²) >= 11 is 4.69. The van der Waals surface area contributed by atoms with Crippen molar-refractivity contribution in [3.05, 3.63) is 25.5 Å². The molecule has 0 aliphatic carbocycles. The molecule has 1 rings (SSSR count). The largest absolute Gasteiger partial charge is 0.465 e. The minimum Gasteiger partial charge on any atom is -0.465 e. The molecule has 82 valence electrons. The lowest BCUT2D eigenvalue weighted by atomic mass is 10.2. The van der Waals surface area contributed by atoms with Crippen molar-refractivity contribution in [2.75, 3.05) is 7.11 Å². The van der Waals surface area contributed by atoms with Gasteiger partial charge in [-0.3, -0.25) is 0 Å². The van der Waals surface area contributed by atoms with Crippen LogP contribution in [0.5, 0.6) is 0 Å². The second-order valence-electron chi connectivity index (χ2n) is 2.50. The number of esters is 1. The van der Waals surface area contributed by atoms with Crippen molar-refractivity contribution >= 4 is 44.5 Å². The van der Waals surface area contributed by atoms with Crippen LogP contribution in [-0.2, 0) is 4.74 Å². The number of ether oxygens (including phenoxy) is 1. The predicted molar refractivity (Wildman–Crippen MR) is 61.0 cm³/mol. The van der Waals surface area contributed by atoms with Gasteiger partial charge in [0.15, 0.2) is 0 Å². The van der Waals surface area contributed by atoms with E-state index in [1.807, 2.05) is 0 Å². The molecule has 3 nitrogen and oxygen atoms in total. The third-order valence-corrected chi connectivity index (χ3v) is 3.07. The smallest absolute Gasteiger partial charge is 0.340 e. The summed E-state index contributed by atoms with van der Waals surface area (Å²) in [6.07, 6.45) is -2.67. The Morgan fingerprint density at radius 3 is 2.73 bits per heavy atom. The highest BCUT2D eigenvalue weighted by Gasteiger charge is 2.19. The molecular weight excluding hydrogens is 387 g/mol. The second kappa shape index (κ2) is 5.15. The maximum atomic E-state index is 12.5. The first-order valence-electron chi connectivity index (χ1n) is 3.69. The van der Waals surface area contributed by atoms with E-state index in [-0.39, 0.29) is 19.4 Å². The third kappa shape index (κ3) is 2.83. The quantitative estimate of drug-likeness (QED) is 0.441. The molecule has 15 heavy (non-hydrogen) atoms. The Bertz CT molecular complexity index is 400. The zero-order chi connectivity index (χ0) is 11.6. The van der Waals surface area contributed by atoms with E-state index < -0.39 is 12.4 Å². The number of rotatable bonds is 2. The molecule has 1 heterocycles. The van der Waals surface area contributed by atoms with Crippen LogP contribution in [0.3, 0.4) is 0 Å². The molecule has 0 radical (unpaired) electrons. The first-order chi connectivity index (χ1) is 6.97. The SMILES string of the molecule is COC(=O)c1cc(C(F)F)c(I)nc1Br. The number of nitrogens with zero attached hydrogens (tertiary/aromatic N) is 1. The van der Waals surface area contributed by atoms with Crippen molar-refractivity contribution in [3.8, 4) is 0 Å². The molecule has 0 spiro atoms. The van der Waals surface area contributed by atoms with Crippen LogP contribution in [0.25, 0.3) is 0 Å². The van der Waals surface area contributed by atoms with Gasteiger partial charge in [0.25, 0.3) is 6.43 Å². The van der Waals surface area contributed by atoms with Crippen LogP contribution in [0.2, 0.25) is 0 Å². The lowest BCUT2D eigenvalue weighted by molar-refractivity contribution is 0.0598. The van der Waals surface area contributed by atoms with Crippen molar-refractivity contribution in [3.63, 3.8) is 0 Å². The fourth-order valence-corrected chi connectivity index (χ4v) is 2.31. The Kier molecular flexibility index (Phi) is 4.38. The lowest BCUT2D eigenvalue weighted by Gasteiger charge is -2.07. The fourth-order valence-electron chi connectivity index (χ4n) is 0.892. The molecule has 0 unspecified atom stereocenters. The van der Waals surface area contributed by atoms with E-state index in [1.165, 1.54) is 7.11 Å². The van der Waals surface area contributed by atoms with Crippen LogP contribution in [0, 0.1) is 3.70 Å². The van der Waals surface area contributed by atoms with Gasteiger partial charge in [-0.2, -0.15) is 0 Å². The van der Waals surface area contributed by atoms with E-state index in [9.17, 15) is 13.6 Å². The molecule has 0 bridgehead atoms. The van der Waals surface area contributed by atoms with Crippen LogP contribution in [0.4, 0.5) is 8.78 Å². The molecule has 1 aromatic rings. The molecule has 0 aliphatic heterocycles. The van der Waals surface area contributed by atoms with E-state index in [0.29, 0.717) is 0 Å². The Balaban J connectivity index is 3.29. The number of hydrogen-bond donors (Lipinski definition) is 0. The lowest BCUT2D eigenvalue weighted by Crippen LogP contribution is -2.06. The topological polar surface area (TPSA) is 39.2 Å². The van der Waals surface area contributed by atoms with Crippen LogP contribution >= 0.6 is 38.5 Å². The molecular formula is C8H5BrF2INO2. The van der Waals surface area contributed by atoms with Crippen LogP contribution in [0.1, 0.15) is 22.3 Å². The van der Waals surface area contributed by atoms with E-state index in [4.69, 9.17) is 0 Å². The first-order valence-corrected chi connectivity index (χ1v) is 5.57. The van der Waals surface area contributed by atoms with Crippen molar-refractivity contribution in [2.24, 2.45) is 0 Å². The maximum Gasteiger partial charge on any atom is 0.340 e. The number of carbonyl (C=O) groups excluding carboxylic acids is 1. The molecule has 0 aromatic carbocycles. The summed E-state index contributed by atoms with van der Waals surface area (Å²) in [5, 5.41) is 0. The van der Waals surface area contributed by atoms with Crippen molar-refractivity contribution in [1.29, 1.82) is 0 Å². The second-order valence-corrected chi connectivity index (χ2v) is 4.27. The maximum absolute atomic E-state index is 12.5. The van der Waals surface area contributed by atoms with E-state index >= 15 is 0 Å². The number of hydrogen-bond acceptors (Lipinski definition) is 3. The Labute approximate surface area is 106 Å². The highest BCUT2D eigenvalue weighted by atomic mass is 127. The highest BCUT2D eigenvalue weighted by Crippen LogP contribution is 2.27. The van der Waals surface area contributed by atoms with Gasteiger partial charge in [0.2, 0.25) is 0 Å². The molecule has 0 aliphatic rings. The van der Waals surface area contributed by atoms with Gasteiger partial charge >= 0.3 is 5.97 Å². The van der Waals surface area contributed by atoms with Gasteiger partial charge in [-0.25, -0.2) is 18.6 Å². The summed E-state index contributed by atoms with van der Waals surface area (Å²) in [6.45, 7) is 0. The summed E-state index contributed by atoms with van der Waals surface area (Å²) in [7, 11) is 1.18. The van der Waals surface area contributed by atoms with Crippen LogP contribution in [-0.4, -0.2) is 18.1 Å². The number of carbonyl (C=O) groups is 1. The fraction of sp³-hybridized carbons (Fsp3) is 0.250. The van der Waals surface area contributed by atoms with Gasteiger partial charge in [0.1, 0.15) is 8.30 Å². The third-order valence-electron chi connectivity index (χ3n) is 1.60. The average molecular weight is 392 g/mol. The van der Waals surface area contributed by atoms with Gasteiger partial charge in [0.05, 0.1) is 18.2 Å². The normalized spacial score (nSPS) is 10.5. The van der Waals surface area contributed by atoms with Gasteiger partial charge < -0.3 is 4.74 Å². The predicted octanol–water partition coefficient (Wildman–Crippen LogP) is 3.17. The molecule has 7 heteroatoms. The number of alkyl halides is 2.